The summed E-state index contributed by atoms with van der Waals surface area (Å²) >= 11 is 0. The van der Waals surface area contributed by atoms with Gasteiger partial charge >= 0.3 is 6.03 Å². The Bertz CT molecular complexity index is 1460. The van der Waals surface area contributed by atoms with E-state index in [-0.39, 0.29) is 5.70 Å². The number of imide groups is 1. The molecule has 0 atom stereocenters. The van der Waals surface area contributed by atoms with Crippen molar-refractivity contribution in [3.63, 3.8) is 0 Å². The first-order chi connectivity index (χ1) is 17.5. The van der Waals surface area contributed by atoms with Crippen molar-refractivity contribution < 1.29 is 9.59 Å². The molecule has 3 amide bonds. The molecule has 3 fully saturated rings. The number of urea groups is 1. The Morgan fingerprint density at radius 2 is 1.89 bits per heavy atom. The highest BCUT2D eigenvalue weighted by molar-refractivity contribution is 6.14. The summed E-state index contributed by atoms with van der Waals surface area (Å²) in [7, 11) is 0. The molecule has 0 unspecified atom stereocenters. The van der Waals surface area contributed by atoms with E-state index in [0.717, 1.165) is 30.0 Å². The number of anilines is 3. The highest BCUT2D eigenvalue weighted by Gasteiger charge is 2.29. The van der Waals surface area contributed by atoms with Crippen LogP contribution in [0.5, 0.6) is 0 Å². The van der Waals surface area contributed by atoms with E-state index in [2.05, 4.69) is 41.9 Å². The van der Waals surface area contributed by atoms with E-state index in [1.165, 1.54) is 0 Å². The molecule has 182 valence electrons. The standard InChI is InChI=1S/C24H24N10O2/c1-14-19(32-7-9-33(10-8-32)21-15(12-25)3-2-6-26-21)30-22-16(11-18-23(35)31-24(36)29-18)13-27-34(22)20(14)28-17-4-5-17/h2-3,6,11,13,17,28H,4-5,7-10H2,1H3,(H2,29,31,35,36)/b18-11-. The highest BCUT2D eigenvalue weighted by Crippen LogP contribution is 2.33. The number of nitrogens with one attached hydrogen (secondary N) is 3. The molecule has 36 heavy (non-hydrogen) atoms. The van der Waals surface area contributed by atoms with E-state index < -0.39 is 11.9 Å². The third-order valence-electron chi connectivity index (χ3n) is 6.61. The predicted octanol–water partition coefficient (Wildman–Crippen LogP) is 1.39. The maximum Gasteiger partial charge on any atom is 0.326 e. The summed E-state index contributed by atoms with van der Waals surface area (Å²) in [4.78, 5) is 37.4. The molecule has 3 N–H and O–H groups in total. The number of amides is 3. The van der Waals surface area contributed by atoms with Gasteiger partial charge in [-0.1, -0.05) is 0 Å². The Labute approximate surface area is 206 Å². The lowest BCUT2D eigenvalue weighted by Crippen LogP contribution is -2.47. The number of nitriles is 1. The second-order valence-corrected chi connectivity index (χ2v) is 9.09. The molecule has 0 bridgehead atoms. The second-order valence-electron chi connectivity index (χ2n) is 9.09. The first-order valence-corrected chi connectivity index (χ1v) is 11.9. The summed E-state index contributed by atoms with van der Waals surface area (Å²) in [6.45, 7) is 4.85. The lowest BCUT2D eigenvalue weighted by atomic mass is 10.2. The number of hydrogen-bond donors (Lipinski definition) is 3. The predicted molar refractivity (Wildman–Crippen MR) is 132 cm³/mol. The van der Waals surface area contributed by atoms with Gasteiger partial charge in [-0.25, -0.2) is 14.8 Å². The molecule has 3 aromatic rings. The van der Waals surface area contributed by atoms with Crippen LogP contribution in [0.2, 0.25) is 0 Å². The minimum Gasteiger partial charge on any atom is -0.367 e. The van der Waals surface area contributed by atoms with Crippen molar-refractivity contribution in [3.05, 3.63) is 46.9 Å². The summed E-state index contributed by atoms with van der Waals surface area (Å²) in [6.07, 6.45) is 7.16. The van der Waals surface area contributed by atoms with Gasteiger partial charge in [0.2, 0.25) is 0 Å². The van der Waals surface area contributed by atoms with Crippen molar-refractivity contribution in [1.29, 1.82) is 5.26 Å². The highest BCUT2D eigenvalue weighted by atomic mass is 16.2. The van der Waals surface area contributed by atoms with E-state index in [1.54, 1.807) is 35.1 Å². The number of fused-ring (bicyclic) bond motifs is 1. The second kappa shape index (κ2) is 8.53. The summed E-state index contributed by atoms with van der Waals surface area (Å²) in [5.74, 6) is 1.94. The number of nitrogens with zero attached hydrogens (tertiary/aromatic N) is 7. The van der Waals surface area contributed by atoms with Gasteiger partial charge in [-0.05, 0) is 38.0 Å². The molecule has 12 heteroatoms. The Hall–Kier alpha value is -4.66. The van der Waals surface area contributed by atoms with Crippen LogP contribution in [0.25, 0.3) is 11.7 Å². The normalized spacial score (nSPS) is 18.9. The van der Waals surface area contributed by atoms with E-state index in [4.69, 9.17) is 4.98 Å². The smallest absolute Gasteiger partial charge is 0.326 e. The minimum absolute atomic E-state index is 0.160. The first kappa shape index (κ1) is 21.8. The molecular weight excluding hydrogens is 460 g/mol. The number of hydrogen-bond acceptors (Lipinski definition) is 9. The Kier molecular flexibility index (Phi) is 5.18. The summed E-state index contributed by atoms with van der Waals surface area (Å²) in [5.41, 5.74) is 2.95. The van der Waals surface area contributed by atoms with E-state index in [0.29, 0.717) is 54.8 Å². The molecule has 1 saturated carbocycles. The first-order valence-electron chi connectivity index (χ1n) is 11.9. The lowest BCUT2D eigenvalue weighted by Gasteiger charge is -2.37. The van der Waals surface area contributed by atoms with Gasteiger partial charge in [0.1, 0.15) is 29.2 Å². The van der Waals surface area contributed by atoms with Gasteiger partial charge in [0.05, 0.1) is 11.8 Å². The number of aromatic nitrogens is 4. The number of piperazine rings is 1. The maximum atomic E-state index is 12.1. The van der Waals surface area contributed by atoms with Crippen molar-refractivity contribution in [1.82, 2.24) is 30.2 Å². The van der Waals surface area contributed by atoms with E-state index in [1.807, 2.05) is 6.92 Å². The lowest BCUT2D eigenvalue weighted by molar-refractivity contribution is -0.115. The Morgan fingerprint density at radius 3 is 2.56 bits per heavy atom. The molecule has 6 rings (SSSR count). The molecule has 0 aromatic carbocycles. The minimum atomic E-state index is -0.548. The number of carbonyl (C=O) groups excluding carboxylic acids is 2. The van der Waals surface area contributed by atoms with Crippen LogP contribution in [0.4, 0.5) is 22.2 Å². The average molecular weight is 485 g/mol. The SMILES string of the molecule is Cc1c(N2CCN(c3ncccc3C#N)CC2)nc2c(/C=C3\NC(=O)NC3=O)cnn2c1NC1CC1. The number of pyridine rings is 1. The molecule has 3 aromatic heterocycles. The summed E-state index contributed by atoms with van der Waals surface area (Å²) in [5, 5.41) is 22.3. The molecule has 2 saturated heterocycles. The number of carbonyl (C=O) groups is 2. The zero-order valence-corrected chi connectivity index (χ0v) is 19.7. The molecule has 1 aliphatic carbocycles. The van der Waals surface area contributed by atoms with Gasteiger partial charge in [0.25, 0.3) is 5.91 Å². The molecule has 5 heterocycles. The third kappa shape index (κ3) is 3.84. The maximum absolute atomic E-state index is 12.1. The van der Waals surface area contributed by atoms with Crippen molar-refractivity contribution in [2.75, 3.05) is 41.3 Å². The van der Waals surface area contributed by atoms with Crippen molar-refractivity contribution in [3.8, 4) is 6.07 Å². The zero-order valence-electron chi connectivity index (χ0n) is 19.7. The Balaban J connectivity index is 1.35. The largest absolute Gasteiger partial charge is 0.367 e. The van der Waals surface area contributed by atoms with Crippen LogP contribution in [-0.2, 0) is 4.79 Å². The summed E-state index contributed by atoms with van der Waals surface area (Å²) < 4.78 is 1.77. The van der Waals surface area contributed by atoms with Crippen molar-refractivity contribution >= 4 is 41.1 Å². The molecule has 0 radical (unpaired) electrons. The van der Waals surface area contributed by atoms with Crippen LogP contribution in [0.15, 0.2) is 30.2 Å². The van der Waals surface area contributed by atoms with Gasteiger partial charge < -0.3 is 20.4 Å². The quantitative estimate of drug-likeness (QED) is 0.361. The molecule has 0 spiro atoms. The molecule has 2 aliphatic heterocycles. The van der Waals surface area contributed by atoms with Gasteiger partial charge in [0.15, 0.2) is 5.65 Å². The van der Waals surface area contributed by atoms with Gasteiger partial charge in [-0.15, -0.1) is 0 Å². The topological polar surface area (TPSA) is 144 Å². The van der Waals surface area contributed by atoms with Crippen LogP contribution in [0.3, 0.4) is 0 Å². The van der Waals surface area contributed by atoms with Crippen LogP contribution >= 0.6 is 0 Å². The average Bonchev–Trinajstić information content (AvgIpc) is 3.54. The zero-order chi connectivity index (χ0) is 24.8. The van der Waals surface area contributed by atoms with Crippen LogP contribution in [0, 0.1) is 18.3 Å². The van der Waals surface area contributed by atoms with Crippen molar-refractivity contribution in [2.24, 2.45) is 0 Å². The van der Waals surface area contributed by atoms with Crippen LogP contribution in [0.1, 0.15) is 29.5 Å². The third-order valence-corrected chi connectivity index (χ3v) is 6.61. The molecule has 3 aliphatic rings. The van der Waals surface area contributed by atoms with Crippen LogP contribution in [-0.4, -0.2) is 63.7 Å². The Morgan fingerprint density at radius 1 is 1.14 bits per heavy atom. The summed E-state index contributed by atoms with van der Waals surface area (Å²) in [6, 6.07) is 5.64. The monoisotopic (exact) mass is 484 g/mol. The van der Waals surface area contributed by atoms with Gasteiger partial charge in [0, 0.05) is 49.5 Å². The van der Waals surface area contributed by atoms with E-state index in [9.17, 15) is 14.9 Å². The van der Waals surface area contributed by atoms with Gasteiger partial charge in [-0.2, -0.15) is 14.9 Å². The fraction of sp³-hybridized carbons (Fsp3) is 0.333. The number of rotatable bonds is 5. The van der Waals surface area contributed by atoms with Gasteiger partial charge in [-0.3, -0.25) is 10.1 Å². The fourth-order valence-corrected chi connectivity index (χ4v) is 4.58. The van der Waals surface area contributed by atoms with Crippen molar-refractivity contribution in [2.45, 2.75) is 25.8 Å². The molecular formula is C24H24N10O2. The van der Waals surface area contributed by atoms with E-state index >= 15 is 0 Å². The fourth-order valence-electron chi connectivity index (χ4n) is 4.58. The molecule has 12 nitrogen and oxygen atoms in total. The van der Waals surface area contributed by atoms with Crippen LogP contribution < -0.4 is 25.8 Å².